The maximum absolute atomic E-state index is 12.1. The molecule has 5 heteroatoms. The fourth-order valence-corrected chi connectivity index (χ4v) is 2.43. The van der Waals surface area contributed by atoms with Gasteiger partial charge in [-0.3, -0.25) is 9.78 Å². The highest BCUT2D eigenvalue weighted by Crippen LogP contribution is 2.33. The molecule has 0 aliphatic heterocycles. The zero-order chi connectivity index (χ0) is 14.8. The third-order valence-electron chi connectivity index (χ3n) is 3.47. The Labute approximate surface area is 122 Å². The number of pyridine rings is 1. The van der Waals surface area contributed by atoms with Crippen LogP contribution in [0.4, 0.5) is 0 Å². The average Bonchev–Trinajstić information content (AvgIpc) is 2.53. The summed E-state index contributed by atoms with van der Waals surface area (Å²) in [4.78, 5) is 24.7. The highest BCUT2D eigenvalue weighted by Gasteiger charge is 2.26. The predicted octanol–water partition coefficient (Wildman–Crippen LogP) is 1.88. The monoisotopic (exact) mass is 276 g/mol. The van der Waals surface area contributed by atoms with Crippen molar-refractivity contribution in [3.8, 4) is 6.07 Å². The number of nitrogens with zero attached hydrogens (tertiary/aromatic N) is 4. The quantitative estimate of drug-likeness (QED) is 0.836. The number of fused-ring (bicyclic) bond motifs is 1. The molecule has 0 fully saturated rings. The fraction of sp³-hybridized carbons (Fsp3) is 0.188. The van der Waals surface area contributed by atoms with E-state index in [0.29, 0.717) is 11.1 Å². The van der Waals surface area contributed by atoms with Gasteiger partial charge in [0.15, 0.2) is 5.78 Å². The van der Waals surface area contributed by atoms with Gasteiger partial charge in [0, 0.05) is 48.8 Å². The number of ketones is 1. The molecule has 1 aliphatic rings. The minimum atomic E-state index is -0.187. The van der Waals surface area contributed by atoms with Crippen molar-refractivity contribution < 1.29 is 4.79 Å². The molecule has 0 spiro atoms. The van der Waals surface area contributed by atoms with Crippen LogP contribution in [0.1, 0.15) is 29.4 Å². The SMILES string of the molecule is CCc1ncc(C2=C(C#N)C(=O)Cc3cnccc32)cn1. The van der Waals surface area contributed by atoms with Crippen LogP contribution >= 0.6 is 0 Å². The Hall–Kier alpha value is -2.87. The van der Waals surface area contributed by atoms with Crippen LogP contribution in [0.15, 0.2) is 36.4 Å². The maximum Gasteiger partial charge on any atom is 0.178 e. The smallest absolute Gasteiger partial charge is 0.178 e. The van der Waals surface area contributed by atoms with Crippen molar-refractivity contribution in [2.45, 2.75) is 19.8 Å². The lowest BCUT2D eigenvalue weighted by Gasteiger charge is -2.18. The van der Waals surface area contributed by atoms with Gasteiger partial charge >= 0.3 is 0 Å². The summed E-state index contributed by atoms with van der Waals surface area (Å²) in [7, 11) is 0. The summed E-state index contributed by atoms with van der Waals surface area (Å²) in [6.45, 7) is 1.97. The number of hydrogen-bond acceptors (Lipinski definition) is 5. The first kappa shape index (κ1) is 13.1. The van der Waals surface area contributed by atoms with Gasteiger partial charge in [0.1, 0.15) is 17.5 Å². The van der Waals surface area contributed by atoms with E-state index in [1.807, 2.05) is 19.1 Å². The summed E-state index contributed by atoms with van der Waals surface area (Å²) in [5, 5.41) is 9.33. The molecule has 2 heterocycles. The second kappa shape index (κ2) is 5.25. The molecule has 5 nitrogen and oxygen atoms in total. The van der Waals surface area contributed by atoms with E-state index in [4.69, 9.17) is 0 Å². The Morgan fingerprint density at radius 3 is 2.71 bits per heavy atom. The number of hydrogen-bond donors (Lipinski definition) is 0. The summed E-state index contributed by atoms with van der Waals surface area (Å²) < 4.78 is 0. The number of allylic oxidation sites excluding steroid dienone is 1. The molecule has 2 aromatic heterocycles. The molecule has 0 amide bonds. The summed E-state index contributed by atoms with van der Waals surface area (Å²) in [5.41, 5.74) is 3.14. The molecule has 0 saturated carbocycles. The molecule has 0 radical (unpaired) electrons. The molecule has 0 aromatic carbocycles. The summed E-state index contributed by atoms with van der Waals surface area (Å²) in [5.74, 6) is 0.544. The van der Waals surface area contributed by atoms with Crippen LogP contribution in [0.5, 0.6) is 0 Å². The normalized spacial score (nSPS) is 13.8. The molecule has 0 N–H and O–H groups in total. The Bertz CT molecular complexity index is 785. The van der Waals surface area contributed by atoms with Crippen molar-refractivity contribution in [1.82, 2.24) is 15.0 Å². The first-order chi connectivity index (χ1) is 10.2. The number of Topliss-reactive ketones (excluding diaryl/α,β-unsaturated/α-hetero) is 1. The number of carbonyl (C=O) groups is 1. The van der Waals surface area contributed by atoms with Crippen molar-refractivity contribution in [2.24, 2.45) is 0 Å². The van der Waals surface area contributed by atoms with Crippen LogP contribution in [0.25, 0.3) is 5.57 Å². The summed E-state index contributed by atoms with van der Waals surface area (Å²) >= 11 is 0. The first-order valence-corrected chi connectivity index (χ1v) is 6.66. The van der Waals surface area contributed by atoms with Crippen LogP contribution in [0, 0.1) is 11.3 Å². The highest BCUT2D eigenvalue weighted by molar-refractivity contribution is 6.12. The second-order valence-corrected chi connectivity index (χ2v) is 4.74. The highest BCUT2D eigenvalue weighted by atomic mass is 16.1. The van der Waals surface area contributed by atoms with Gasteiger partial charge < -0.3 is 0 Å². The fourth-order valence-electron chi connectivity index (χ4n) is 2.43. The van der Waals surface area contributed by atoms with Gasteiger partial charge in [-0.25, -0.2) is 9.97 Å². The number of carbonyl (C=O) groups excluding carboxylic acids is 1. The van der Waals surface area contributed by atoms with E-state index in [0.717, 1.165) is 23.4 Å². The zero-order valence-corrected chi connectivity index (χ0v) is 11.5. The number of aromatic nitrogens is 3. The number of aryl methyl sites for hydroxylation is 1. The van der Waals surface area contributed by atoms with Gasteiger partial charge in [0.05, 0.1) is 0 Å². The topological polar surface area (TPSA) is 79.5 Å². The van der Waals surface area contributed by atoms with Crippen LogP contribution in [-0.4, -0.2) is 20.7 Å². The number of nitriles is 1. The molecule has 0 unspecified atom stereocenters. The molecule has 3 rings (SSSR count). The molecule has 21 heavy (non-hydrogen) atoms. The first-order valence-electron chi connectivity index (χ1n) is 6.66. The Balaban J connectivity index is 2.24. The Kier molecular flexibility index (Phi) is 3.28. The van der Waals surface area contributed by atoms with Crippen molar-refractivity contribution >= 4 is 11.4 Å². The summed E-state index contributed by atoms with van der Waals surface area (Å²) in [6.07, 6.45) is 7.61. The molecule has 0 atom stereocenters. The third-order valence-corrected chi connectivity index (χ3v) is 3.47. The van der Waals surface area contributed by atoms with Crippen molar-refractivity contribution in [3.63, 3.8) is 0 Å². The average molecular weight is 276 g/mol. The second-order valence-electron chi connectivity index (χ2n) is 4.74. The van der Waals surface area contributed by atoms with E-state index in [1.54, 1.807) is 24.8 Å². The maximum atomic E-state index is 12.1. The predicted molar refractivity (Wildman–Crippen MR) is 76.0 cm³/mol. The summed E-state index contributed by atoms with van der Waals surface area (Å²) in [6, 6.07) is 3.85. The number of rotatable bonds is 2. The van der Waals surface area contributed by atoms with E-state index in [9.17, 15) is 10.1 Å². The van der Waals surface area contributed by atoms with Crippen LogP contribution in [0.3, 0.4) is 0 Å². The van der Waals surface area contributed by atoms with E-state index >= 15 is 0 Å². The van der Waals surface area contributed by atoms with Gasteiger partial charge in [-0.15, -0.1) is 0 Å². The van der Waals surface area contributed by atoms with Gasteiger partial charge in [0.25, 0.3) is 0 Å². The van der Waals surface area contributed by atoms with Crippen molar-refractivity contribution in [3.05, 3.63) is 58.9 Å². The largest absolute Gasteiger partial charge is 0.293 e. The van der Waals surface area contributed by atoms with Crippen molar-refractivity contribution in [2.75, 3.05) is 0 Å². The Morgan fingerprint density at radius 1 is 1.29 bits per heavy atom. The lowest BCUT2D eigenvalue weighted by molar-refractivity contribution is -0.114. The van der Waals surface area contributed by atoms with Crippen LogP contribution in [0.2, 0.25) is 0 Å². The van der Waals surface area contributed by atoms with Crippen molar-refractivity contribution in [1.29, 1.82) is 5.26 Å². The van der Waals surface area contributed by atoms with Gasteiger partial charge in [0.2, 0.25) is 0 Å². The minimum Gasteiger partial charge on any atom is -0.293 e. The van der Waals surface area contributed by atoms with Crippen LogP contribution < -0.4 is 0 Å². The zero-order valence-electron chi connectivity index (χ0n) is 11.5. The molecule has 2 aromatic rings. The lowest BCUT2D eigenvalue weighted by Crippen LogP contribution is -2.16. The molecule has 1 aliphatic carbocycles. The van der Waals surface area contributed by atoms with E-state index in [-0.39, 0.29) is 17.8 Å². The standard InChI is InChI=1S/C16H12N4O/c1-2-15-19-8-11(9-20-15)16-12-3-4-18-7-10(12)5-14(21)13(16)6-17/h3-4,7-9H,2,5H2,1H3. The lowest BCUT2D eigenvalue weighted by atomic mass is 9.83. The molecular weight excluding hydrogens is 264 g/mol. The molecular formula is C16H12N4O. The van der Waals surface area contributed by atoms with Crippen LogP contribution in [-0.2, 0) is 17.6 Å². The molecule has 0 saturated heterocycles. The third kappa shape index (κ3) is 2.21. The molecule has 0 bridgehead atoms. The van der Waals surface area contributed by atoms with E-state index in [1.165, 1.54) is 0 Å². The minimum absolute atomic E-state index is 0.168. The van der Waals surface area contributed by atoms with Gasteiger partial charge in [-0.1, -0.05) is 6.92 Å². The van der Waals surface area contributed by atoms with Gasteiger partial charge in [-0.2, -0.15) is 5.26 Å². The molecule has 102 valence electrons. The van der Waals surface area contributed by atoms with E-state index < -0.39 is 0 Å². The van der Waals surface area contributed by atoms with Gasteiger partial charge in [-0.05, 0) is 17.2 Å². The Morgan fingerprint density at radius 2 is 2.05 bits per heavy atom. The van der Waals surface area contributed by atoms with E-state index in [2.05, 4.69) is 15.0 Å².